The monoisotopic (exact) mass is 490 g/mol. The number of carbonyl (C=O) groups excluding carboxylic acids is 1. The second kappa shape index (κ2) is 9.76. The minimum Gasteiger partial charge on any atom is -0.459 e. The lowest BCUT2D eigenvalue weighted by atomic mass is 9.45. The first-order valence-electron chi connectivity index (χ1n) is 14.2. The number of aliphatic hydroxyl groups excluding tert-OH is 3. The van der Waals surface area contributed by atoms with Crippen LogP contribution in [0.5, 0.6) is 0 Å². The summed E-state index contributed by atoms with van der Waals surface area (Å²) in [7, 11) is 0. The Labute approximate surface area is 212 Å². The van der Waals surface area contributed by atoms with E-state index in [4.69, 9.17) is 4.74 Å². The summed E-state index contributed by atoms with van der Waals surface area (Å²) in [6.45, 7) is 15.0. The molecule has 4 aliphatic rings. The van der Waals surface area contributed by atoms with E-state index >= 15 is 0 Å². The zero-order valence-electron chi connectivity index (χ0n) is 23.0. The molecule has 0 heterocycles. The van der Waals surface area contributed by atoms with Gasteiger partial charge in [0.2, 0.25) is 0 Å². The van der Waals surface area contributed by atoms with Crippen LogP contribution in [0.4, 0.5) is 0 Å². The van der Waals surface area contributed by atoms with Crippen molar-refractivity contribution in [2.75, 3.05) is 0 Å². The molecule has 12 unspecified atom stereocenters. The minimum atomic E-state index is -0.812. The topological polar surface area (TPSA) is 87.0 Å². The Kier molecular flexibility index (Phi) is 7.57. The van der Waals surface area contributed by atoms with Gasteiger partial charge in [0, 0.05) is 18.3 Å². The summed E-state index contributed by atoms with van der Waals surface area (Å²) in [5.74, 6) is 1.60. The number of allylic oxidation sites excluding steroid dienone is 1. The molecule has 0 aromatic heterocycles. The first-order valence-corrected chi connectivity index (χ1v) is 14.2. The van der Waals surface area contributed by atoms with E-state index in [1.54, 1.807) is 0 Å². The van der Waals surface area contributed by atoms with Gasteiger partial charge in [-0.1, -0.05) is 66.0 Å². The van der Waals surface area contributed by atoms with Crippen molar-refractivity contribution in [1.82, 2.24) is 0 Å². The van der Waals surface area contributed by atoms with Crippen LogP contribution >= 0.6 is 0 Å². The molecule has 0 saturated heterocycles. The first-order chi connectivity index (χ1) is 16.3. The fraction of sp³-hybridized carbons (Fsp3) is 0.900. The maximum atomic E-state index is 12.3. The molecule has 200 valence electrons. The number of ether oxygens (including phenoxy) is 1. The Morgan fingerprint density at radius 2 is 1.83 bits per heavy atom. The lowest BCUT2D eigenvalue weighted by Crippen LogP contribution is -2.65. The fourth-order valence-corrected chi connectivity index (χ4v) is 9.12. The van der Waals surface area contributed by atoms with Crippen LogP contribution < -0.4 is 0 Å². The van der Waals surface area contributed by atoms with E-state index in [0.717, 1.165) is 32.1 Å². The highest BCUT2D eigenvalue weighted by Gasteiger charge is 2.69. The summed E-state index contributed by atoms with van der Waals surface area (Å²) < 4.78 is 6.02. The average Bonchev–Trinajstić information content (AvgIpc) is 3.06. The predicted molar refractivity (Wildman–Crippen MR) is 137 cm³/mol. The molecule has 4 aliphatic carbocycles. The predicted octanol–water partition coefficient (Wildman–Crippen LogP) is 5.12. The molecule has 0 aromatic rings. The summed E-state index contributed by atoms with van der Waals surface area (Å²) in [5.41, 5.74) is 0.555. The van der Waals surface area contributed by atoms with Gasteiger partial charge in [-0.2, -0.15) is 0 Å². The Morgan fingerprint density at radius 3 is 2.46 bits per heavy atom. The van der Waals surface area contributed by atoms with E-state index in [1.807, 2.05) is 0 Å². The number of esters is 1. The molecule has 3 N–H and O–H groups in total. The van der Waals surface area contributed by atoms with E-state index in [-0.39, 0.29) is 47.1 Å². The van der Waals surface area contributed by atoms with E-state index in [0.29, 0.717) is 24.7 Å². The van der Waals surface area contributed by atoms with Crippen molar-refractivity contribution in [3.8, 4) is 0 Å². The molecular weight excluding hydrogens is 440 g/mol. The van der Waals surface area contributed by atoms with E-state index in [2.05, 4.69) is 47.6 Å². The molecular formula is C30H50O5. The van der Waals surface area contributed by atoms with Crippen molar-refractivity contribution >= 4 is 5.97 Å². The summed E-state index contributed by atoms with van der Waals surface area (Å²) in [4.78, 5) is 12.3. The van der Waals surface area contributed by atoms with Gasteiger partial charge in [0.05, 0.1) is 18.3 Å². The lowest BCUT2D eigenvalue weighted by molar-refractivity contribution is -0.220. The number of hydrogen-bond acceptors (Lipinski definition) is 5. The molecule has 0 bridgehead atoms. The summed E-state index contributed by atoms with van der Waals surface area (Å²) in [6, 6.07) is 0. The van der Waals surface area contributed by atoms with Crippen molar-refractivity contribution in [3.05, 3.63) is 11.6 Å². The van der Waals surface area contributed by atoms with Gasteiger partial charge in [-0.3, -0.25) is 4.79 Å². The normalized spacial score (nSPS) is 46.8. The largest absolute Gasteiger partial charge is 0.459 e. The van der Waals surface area contributed by atoms with Gasteiger partial charge < -0.3 is 20.1 Å². The zero-order chi connectivity index (χ0) is 25.9. The van der Waals surface area contributed by atoms with Gasteiger partial charge in [0.25, 0.3) is 0 Å². The molecule has 3 fully saturated rings. The third kappa shape index (κ3) is 4.42. The molecule has 35 heavy (non-hydrogen) atoms. The van der Waals surface area contributed by atoms with Crippen LogP contribution in [0.15, 0.2) is 11.6 Å². The number of rotatable bonds is 6. The van der Waals surface area contributed by atoms with E-state index in [9.17, 15) is 20.1 Å². The third-order valence-corrected chi connectivity index (χ3v) is 11.4. The van der Waals surface area contributed by atoms with Crippen molar-refractivity contribution < 1.29 is 24.9 Å². The number of fused-ring (bicyclic) bond motifs is 5. The molecule has 0 radical (unpaired) electrons. The first kappa shape index (κ1) is 27.1. The summed E-state index contributed by atoms with van der Waals surface area (Å²) in [6.07, 6.45) is 6.13. The van der Waals surface area contributed by atoms with Crippen molar-refractivity contribution in [3.63, 3.8) is 0 Å². The zero-order valence-corrected chi connectivity index (χ0v) is 23.0. The van der Waals surface area contributed by atoms with E-state index in [1.165, 1.54) is 12.5 Å². The fourth-order valence-electron chi connectivity index (χ4n) is 9.12. The molecule has 0 aliphatic heterocycles. The van der Waals surface area contributed by atoms with Crippen LogP contribution in [-0.2, 0) is 9.53 Å². The summed E-state index contributed by atoms with van der Waals surface area (Å²) >= 11 is 0. The Morgan fingerprint density at radius 1 is 1.14 bits per heavy atom. The molecule has 0 aromatic carbocycles. The van der Waals surface area contributed by atoms with Crippen LogP contribution in [0.25, 0.3) is 0 Å². The quantitative estimate of drug-likeness (QED) is 0.355. The van der Waals surface area contributed by atoms with Gasteiger partial charge in [0.15, 0.2) is 0 Å². The third-order valence-electron chi connectivity index (χ3n) is 11.4. The molecule has 3 saturated carbocycles. The number of aliphatic hydroxyl groups is 3. The van der Waals surface area contributed by atoms with Crippen LogP contribution in [0, 0.1) is 52.3 Å². The smallest absolute Gasteiger partial charge is 0.303 e. The standard InChI is InChI=1S/C30H50O5/c1-16(2)17(3)8-9-18(4)25-24(33)15-23-22-11-10-20-14-21(32)12-13-29(20,6)26(22)27(35-19(5)31)28(34)30(23,25)7/h10,16-18,21-28,32-34H,8-9,11-15H2,1-7H3. The molecule has 4 rings (SSSR count). The lowest BCUT2D eigenvalue weighted by Gasteiger charge is -2.62. The highest BCUT2D eigenvalue weighted by Crippen LogP contribution is 2.67. The van der Waals surface area contributed by atoms with Crippen LogP contribution in [0.3, 0.4) is 0 Å². The Hall–Kier alpha value is -0.910. The summed E-state index contributed by atoms with van der Waals surface area (Å²) in [5, 5.41) is 33.9. The van der Waals surface area contributed by atoms with Gasteiger partial charge in [-0.15, -0.1) is 0 Å². The molecule has 5 heteroatoms. The highest BCUT2D eigenvalue weighted by atomic mass is 16.6. The van der Waals surface area contributed by atoms with Crippen molar-refractivity contribution in [2.24, 2.45) is 52.3 Å². The van der Waals surface area contributed by atoms with Crippen molar-refractivity contribution in [1.29, 1.82) is 0 Å². The van der Waals surface area contributed by atoms with Crippen LogP contribution in [-0.4, -0.2) is 45.7 Å². The average molecular weight is 491 g/mol. The Bertz CT molecular complexity index is 822. The van der Waals surface area contributed by atoms with Gasteiger partial charge in [-0.25, -0.2) is 0 Å². The minimum absolute atomic E-state index is 0.00851. The van der Waals surface area contributed by atoms with Crippen molar-refractivity contribution in [2.45, 2.75) is 118 Å². The van der Waals surface area contributed by atoms with E-state index < -0.39 is 23.7 Å². The van der Waals surface area contributed by atoms with Crippen LogP contribution in [0.1, 0.15) is 93.4 Å². The second-order valence-corrected chi connectivity index (χ2v) is 13.6. The SMILES string of the molecule is CC(=O)OC1C2C(CC=C3CC(O)CCC32C)C2CC(O)C(C(C)CCC(C)C(C)C)C2(C)C1O. The van der Waals surface area contributed by atoms with Crippen LogP contribution in [0.2, 0.25) is 0 Å². The van der Waals surface area contributed by atoms with Gasteiger partial charge in [-0.05, 0) is 73.0 Å². The number of hydrogen-bond donors (Lipinski definition) is 3. The molecule has 12 atom stereocenters. The molecule has 0 spiro atoms. The number of carbonyl (C=O) groups is 1. The maximum Gasteiger partial charge on any atom is 0.303 e. The van der Waals surface area contributed by atoms with Gasteiger partial charge >= 0.3 is 5.97 Å². The molecule has 5 nitrogen and oxygen atoms in total. The maximum absolute atomic E-state index is 12.3. The second-order valence-electron chi connectivity index (χ2n) is 13.6. The molecule has 0 amide bonds. The Balaban J connectivity index is 1.70. The van der Waals surface area contributed by atoms with Gasteiger partial charge in [0.1, 0.15) is 6.10 Å². The highest BCUT2D eigenvalue weighted by molar-refractivity contribution is 5.66.